The molecule has 0 bridgehead atoms. The summed E-state index contributed by atoms with van der Waals surface area (Å²) in [5.41, 5.74) is 10.4. The van der Waals surface area contributed by atoms with Gasteiger partial charge in [-0.15, -0.1) is 0 Å². The van der Waals surface area contributed by atoms with Gasteiger partial charge in [0.1, 0.15) is 5.75 Å². The van der Waals surface area contributed by atoms with Crippen LogP contribution in [0.25, 0.3) is 11.1 Å². The van der Waals surface area contributed by atoms with E-state index >= 15 is 0 Å². The van der Waals surface area contributed by atoms with E-state index in [4.69, 9.17) is 10.5 Å². The van der Waals surface area contributed by atoms with Gasteiger partial charge in [-0.1, -0.05) is 29.8 Å². The fourth-order valence-corrected chi connectivity index (χ4v) is 1.95. The van der Waals surface area contributed by atoms with E-state index in [9.17, 15) is 0 Å². The van der Waals surface area contributed by atoms with Crippen molar-refractivity contribution in [1.82, 2.24) is 0 Å². The Labute approximate surface area is 102 Å². The summed E-state index contributed by atoms with van der Waals surface area (Å²) in [6.45, 7) is 2.65. The fourth-order valence-electron chi connectivity index (χ4n) is 1.95. The van der Waals surface area contributed by atoms with Gasteiger partial charge in [-0.25, -0.2) is 0 Å². The predicted molar refractivity (Wildman–Crippen MR) is 71.1 cm³/mol. The van der Waals surface area contributed by atoms with E-state index in [-0.39, 0.29) is 0 Å². The summed E-state index contributed by atoms with van der Waals surface area (Å²) >= 11 is 0. The number of hydrogen-bond donors (Lipinski definition) is 1. The van der Waals surface area contributed by atoms with Crippen LogP contribution in [0, 0.1) is 6.92 Å². The summed E-state index contributed by atoms with van der Waals surface area (Å²) in [6.07, 6.45) is 0. The van der Waals surface area contributed by atoms with Crippen LogP contribution in [0.1, 0.15) is 11.1 Å². The average Bonchev–Trinajstić information content (AvgIpc) is 2.38. The van der Waals surface area contributed by atoms with Gasteiger partial charge in [-0.3, -0.25) is 0 Å². The SMILES string of the molecule is COc1cccc(-c2cc(C)cc(CN)c2)c1. The molecule has 0 fully saturated rings. The lowest BCUT2D eigenvalue weighted by Gasteiger charge is -2.08. The zero-order chi connectivity index (χ0) is 12.3. The number of benzene rings is 2. The minimum absolute atomic E-state index is 0.568. The van der Waals surface area contributed by atoms with Gasteiger partial charge < -0.3 is 10.5 Å². The summed E-state index contributed by atoms with van der Waals surface area (Å²) in [5.74, 6) is 0.873. The van der Waals surface area contributed by atoms with E-state index in [1.807, 2.05) is 18.2 Å². The number of ether oxygens (including phenoxy) is 1. The van der Waals surface area contributed by atoms with E-state index in [0.29, 0.717) is 6.54 Å². The van der Waals surface area contributed by atoms with Gasteiger partial charge in [0.2, 0.25) is 0 Å². The molecular weight excluding hydrogens is 210 g/mol. The number of methoxy groups -OCH3 is 1. The summed E-state index contributed by atoms with van der Waals surface area (Å²) in [6, 6.07) is 14.5. The first-order valence-electron chi connectivity index (χ1n) is 5.68. The van der Waals surface area contributed by atoms with Crippen LogP contribution in [0.2, 0.25) is 0 Å². The second-order valence-electron chi connectivity index (χ2n) is 4.14. The molecule has 0 aliphatic carbocycles. The first kappa shape index (κ1) is 11.7. The van der Waals surface area contributed by atoms with Crippen molar-refractivity contribution in [1.29, 1.82) is 0 Å². The van der Waals surface area contributed by atoms with Crippen molar-refractivity contribution in [3.63, 3.8) is 0 Å². The largest absolute Gasteiger partial charge is 0.497 e. The number of aryl methyl sites for hydroxylation is 1. The molecule has 0 aromatic heterocycles. The van der Waals surface area contributed by atoms with E-state index in [1.165, 1.54) is 11.1 Å². The van der Waals surface area contributed by atoms with Crippen LogP contribution in [0.15, 0.2) is 42.5 Å². The van der Waals surface area contributed by atoms with E-state index in [1.54, 1.807) is 7.11 Å². The van der Waals surface area contributed by atoms with Crippen LogP contribution < -0.4 is 10.5 Å². The van der Waals surface area contributed by atoms with Crippen LogP contribution in [0.3, 0.4) is 0 Å². The lowest BCUT2D eigenvalue weighted by Crippen LogP contribution is -1.97. The Hall–Kier alpha value is -1.80. The lowest BCUT2D eigenvalue weighted by atomic mass is 10.00. The predicted octanol–water partition coefficient (Wildman–Crippen LogP) is 3.13. The molecule has 2 heteroatoms. The molecule has 0 aliphatic heterocycles. The van der Waals surface area contributed by atoms with Crippen LogP contribution in [-0.2, 0) is 6.54 Å². The summed E-state index contributed by atoms with van der Waals surface area (Å²) in [4.78, 5) is 0. The minimum atomic E-state index is 0.568. The molecule has 2 aromatic rings. The normalized spacial score (nSPS) is 10.3. The molecule has 2 N–H and O–H groups in total. The summed E-state index contributed by atoms with van der Waals surface area (Å²) in [5, 5.41) is 0. The highest BCUT2D eigenvalue weighted by Crippen LogP contribution is 2.25. The molecule has 0 heterocycles. The molecule has 0 amide bonds. The van der Waals surface area contributed by atoms with Gasteiger partial charge in [0, 0.05) is 6.54 Å². The molecule has 0 radical (unpaired) electrons. The van der Waals surface area contributed by atoms with Gasteiger partial charge >= 0.3 is 0 Å². The van der Waals surface area contributed by atoms with Gasteiger partial charge in [0.05, 0.1) is 7.11 Å². The summed E-state index contributed by atoms with van der Waals surface area (Å²) in [7, 11) is 1.68. The zero-order valence-electron chi connectivity index (χ0n) is 10.2. The van der Waals surface area contributed by atoms with Gasteiger partial charge in [-0.2, -0.15) is 0 Å². The topological polar surface area (TPSA) is 35.2 Å². The molecule has 0 spiro atoms. The molecule has 0 atom stereocenters. The molecular formula is C15H17NO. The molecule has 0 saturated heterocycles. The Morgan fingerprint density at radius 1 is 1.06 bits per heavy atom. The van der Waals surface area contributed by atoms with E-state index in [0.717, 1.165) is 16.9 Å². The number of hydrogen-bond acceptors (Lipinski definition) is 2. The highest BCUT2D eigenvalue weighted by atomic mass is 16.5. The quantitative estimate of drug-likeness (QED) is 0.874. The fraction of sp³-hybridized carbons (Fsp3) is 0.200. The van der Waals surface area contributed by atoms with Crippen LogP contribution >= 0.6 is 0 Å². The third-order valence-corrected chi connectivity index (χ3v) is 2.78. The van der Waals surface area contributed by atoms with Crippen LogP contribution in [0.4, 0.5) is 0 Å². The van der Waals surface area contributed by atoms with Crippen LogP contribution in [0.5, 0.6) is 5.75 Å². The molecule has 88 valence electrons. The van der Waals surface area contributed by atoms with Crippen molar-refractivity contribution < 1.29 is 4.74 Å². The number of rotatable bonds is 3. The molecule has 2 aromatic carbocycles. The van der Waals surface area contributed by atoms with Crippen molar-refractivity contribution in [2.45, 2.75) is 13.5 Å². The Balaban J connectivity index is 2.47. The monoisotopic (exact) mass is 227 g/mol. The third kappa shape index (κ3) is 2.66. The number of nitrogens with two attached hydrogens (primary N) is 1. The van der Waals surface area contributed by atoms with Crippen molar-refractivity contribution in [3.8, 4) is 16.9 Å². The Morgan fingerprint density at radius 2 is 1.88 bits per heavy atom. The van der Waals surface area contributed by atoms with Gasteiger partial charge in [0.25, 0.3) is 0 Å². The minimum Gasteiger partial charge on any atom is -0.497 e. The second kappa shape index (κ2) is 5.02. The third-order valence-electron chi connectivity index (χ3n) is 2.78. The Bertz CT molecular complexity index is 520. The summed E-state index contributed by atoms with van der Waals surface area (Å²) < 4.78 is 5.24. The highest BCUT2D eigenvalue weighted by molar-refractivity contribution is 5.66. The van der Waals surface area contributed by atoms with E-state index < -0.39 is 0 Å². The van der Waals surface area contributed by atoms with Crippen molar-refractivity contribution in [3.05, 3.63) is 53.6 Å². The second-order valence-corrected chi connectivity index (χ2v) is 4.14. The van der Waals surface area contributed by atoms with Gasteiger partial charge in [0.15, 0.2) is 0 Å². The van der Waals surface area contributed by atoms with Crippen molar-refractivity contribution >= 4 is 0 Å². The molecule has 2 rings (SSSR count). The first-order chi connectivity index (χ1) is 8.22. The zero-order valence-corrected chi connectivity index (χ0v) is 10.2. The molecule has 17 heavy (non-hydrogen) atoms. The molecule has 2 nitrogen and oxygen atoms in total. The lowest BCUT2D eigenvalue weighted by molar-refractivity contribution is 0.415. The Kier molecular flexibility index (Phi) is 3.45. The standard InChI is InChI=1S/C15H17NO/c1-11-6-12(10-16)8-14(7-11)13-4-3-5-15(9-13)17-2/h3-9H,10,16H2,1-2H3. The highest BCUT2D eigenvalue weighted by Gasteiger charge is 2.02. The van der Waals surface area contributed by atoms with Gasteiger partial charge in [-0.05, 0) is 41.8 Å². The maximum atomic E-state index is 5.70. The van der Waals surface area contributed by atoms with Crippen molar-refractivity contribution in [2.75, 3.05) is 7.11 Å². The maximum absolute atomic E-state index is 5.70. The maximum Gasteiger partial charge on any atom is 0.119 e. The van der Waals surface area contributed by atoms with Crippen LogP contribution in [-0.4, -0.2) is 7.11 Å². The molecule has 0 aliphatic rings. The molecule has 0 saturated carbocycles. The first-order valence-corrected chi connectivity index (χ1v) is 5.68. The average molecular weight is 227 g/mol. The Morgan fingerprint density at radius 3 is 2.59 bits per heavy atom. The van der Waals surface area contributed by atoms with E-state index in [2.05, 4.69) is 31.2 Å². The van der Waals surface area contributed by atoms with Crippen molar-refractivity contribution in [2.24, 2.45) is 5.73 Å². The molecule has 0 unspecified atom stereocenters. The smallest absolute Gasteiger partial charge is 0.119 e.